The largest absolute Gasteiger partial charge is 2.00 e. The summed E-state index contributed by atoms with van der Waals surface area (Å²) < 4.78 is 8.94. The fourth-order valence-electron chi connectivity index (χ4n) is 5.90. The van der Waals surface area contributed by atoms with Gasteiger partial charge in [-0.1, -0.05) is 64.1 Å². The van der Waals surface area contributed by atoms with Gasteiger partial charge in [0.2, 0.25) is 0 Å². The van der Waals surface area contributed by atoms with Crippen molar-refractivity contribution in [3.8, 4) is 11.4 Å². The molecule has 4 heterocycles. The number of aromatic nitrogens is 4. The Balaban J connectivity index is 0.00000300. The number of fused-ring (bicyclic) bond motifs is 6. The Bertz CT molecular complexity index is 2120. The average molecular weight is 776 g/mol. The van der Waals surface area contributed by atoms with Crippen molar-refractivity contribution in [2.45, 2.75) is 38.5 Å². The second-order valence-electron chi connectivity index (χ2n) is 11.9. The maximum absolute atomic E-state index is 5.15. The minimum Gasteiger partial charge on any atom is -0.264 e. The molecule has 4 aromatic carbocycles. The van der Waals surface area contributed by atoms with E-state index < -0.39 is 0 Å². The first-order valence-corrected chi connectivity index (χ1v) is 15.7. The van der Waals surface area contributed by atoms with E-state index >= 15 is 0 Å². The van der Waals surface area contributed by atoms with Gasteiger partial charge in [-0.2, -0.15) is 46.6 Å². The van der Waals surface area contributed by atoms with Crippen molar-refractivity contribution in [1.29, 1.82) is 0 Å². The molecule has 4 aromatic heterocycles. The van der Waals surface area contributed by atoms with Crippen LogP contribution < -0.4 is 0 Å². The third-order valence-electron chi connectivity index (χ3n) is 9.12. The zero-order valence-electron chi connectivity index (χ0n) is 24.2. The van der Waals surface area contributed by atoms with Crippen LogP contribution in [0, 0.1) is 12.1 Å². The minimum atomic E-state index is -0.307. The monoisotopic (exact) mass is 775 g/mol. The van der Waals surface area contributed by atoms with Crippen molar-refractivity contribution in [3.05, 3.63) is 121 Å². The van der Waals surface area contributed by atoms with Crippen LogP contribution in [0.2, 0.25) is 0 Å². The molecule has 0 unspecified atom stereocenters. The van der Waals surface area contributed by atoms with Crippen LogP contribution in [0.25, 0.3) is 51.7 Å². The van der Waals surface area contributed by atoms with E-state index in [1.54, 1.807) is 22.7 Å². The van der Waals surface area contributed by atoms with E-state index in [-0.39, 0.29) is 31.9 Å². The van der Waals surface area contributed by atoms with Gasteiger partial charge in [0.1, 0.15) is 0 Å². The van der Waals surface area contributed by atoms with Gasteiger partial charge >= 0.3 is 21.1 Å². The predicted molar refractivity (Wildman–Crippen MR) is 177 cm³/mol. The molecule has 214 valence electrons. The molecule has 0 saturated heterocycles. The molecule has 0 radical (unpaired) electrons. The number of hydrogen-bond donors (Lipinski definition) is 0. The molecule has 0 N–H and O–H groups in total. The topological polar surface area (TPSA) is 35.6 Å². The third kappa shape index (κ3) is 4.26. The molecule has 0 aliphatic heterocycles. The molecule has 4 nitrogen and oxygen atoms in total. The summed E-state index contributed by atoms with van der Waals surface area (Å²) in [5, 5.41) is 15.3. The van der Waals surface area contributed by atoms with Crippen LogP contribution in [0.3, 0.4) is 0 Å². The third-order valence-corrected chi connectivity index (χ3v) is 11.5. The molecule has 8 aromatic rings. The van der Waals surface area contributed by atoms with Gasteiger partial charge in [-0.3, -0.25) is 9.36 Å². The molecule has 0 bridgehead atoms. The molecule has 43 heavy (non-hydrogen) atoms. The van der Waals surface area contributed by atoms with Crippen molar-refractivity contribution < 1.29 is 21.1 Å². The normalized spacial score (nSPS) is 12.5. The standard InChI is InChI=1S/C36H28N4S2.Pt/c1-35(2,31-19-21-39(37-31)27-15-9-13-25-23-11-5-7-17-29(23)41-33(25)27)36(3,4)32-20-22-40(38-32)28-16-10-14-26-24-12-6-8-18-30(24)42-34(26)28;/h5-14,17-22H,1-4H3;/q-2;+2. The molecular weight excluding hydrogens is 748 g/mol. The molecule has 0 fully saturated rings. The van der Waals surface area contributed by atoms with Gasteiger partial charge in [0.15, 0.2) is 0 Å². The average Bonchev–Trinajstić information content (AvgIpc) is 3.80. The summed E-state index contributed by atoms with van der Waals surface area (Å²) in [6.07, 6.45) is 4.14. The Hall–Kier alpha value is -3.57. The molecule has 0 aliphatic rings. The summed E-state index contributed by atoms with van der Waals surface area (Å²) in [7, 11) is 0. The number of nitrogens with zero attached hydrogens (tertiary/aromatic N) is 4. The Labute approximate surface area is 272 Å². The number of benzene rings is 4. The van der Waals surface area contributed by atoms with Crippen LogP contribution in [-0.4, -0.2) is 19.6 Å². The zero-order valence-corrected chi connectivity index (χ0v) is 28.1. The molecule has 0 spiro atoms. The Morgan fingerprint density at radius 3 is 1.42 bits per heavy atom. The predicted octanol–water partition coefficient (Wildman–Crippen LogP) is 9.65. The summed E-state index contributed by atoms with van der Waals surface area (Å²) in [4.78, 5) is 0. The molecule has 0 atom stereocenters. The molecular formula is C36H28N4PtS2. The van der Waals surface area contributed by atoms with Crippen LogP contribution in [0.15, 0.2) is 97.3 Å². The SMILES string of the molecule is CC(C)(c1ccn(-c2[c-]ccc3c2sc2ccccc23)n1)C(C)(C)c1ccn(-c2[c-]ccc3c2sc2ccccc23)n1.[Pt+2]. The number of thiophene rings is 2. The molecule has 8 rings (SSSR count). The first-order chi connectivity index (χ1) is 20.3. The number of hydrogen-bond acceptors (Lipinski definition) is 4. The van der Waals surface area contributed by atoms with Crippen molar-refractivity contribution in [2.24, 2.45) is 0 Å². The van der Waals surface area contributed by atoms with Crippen LogP contribution in [-0.2, 0) is 31.9 Å². The van der Waals surface area contributed by atoms with E-state index in [4.69, 9.17) is 10.2 Å². The van der Waals surface area contributed by atoms with Gasteiger partial charge < -0.3 is 0 Å². The summed E-state index contributed by atoms with van der Waals surface area (Å²) >= 11 is 3.60. The maximum atomic E-state index is 5.15. The second-order valence-corrected chi connectivity index (χ2v) is 14.0. The van der Waals surface area contributed by atoms with Gasteiger partial charge in [-0.05, 0) is 55.8 Å². The van der Waals surface area contributed by atoms with E-state index in [0.29, 0.717) is 0 Å². The van der Waals surface area contributed by atoms with Gasteiger partial charge in [0.05, 0.1) is 11.4 Å². The maximum Gasteiger partial charge on any atom is 2.00 e. The van der Waals surface area contributed by atoms with Crippen LogP contribution in [0.4, 0.5) is 0 Å². The fraction of sp³-hybridized carbons (Fsp3) is 0.167. The van der Waals surface area contributed by atoms with Gasteiger partial charge in [-0.25, -0.2) is 22.7 Å². The summed E-state index contributed by atoms with van der Waals surface area (Å²) in [6, 6.07) is 36.7. The summed E-state index contributed by atoms with van der Waals surface area (Å²) in [6.45, 7) is 9.06. The molecule has 0 aliphatic carbocycles. The Morgan fingerprint density at radius 1 is 0.558 bits per heavy atom. The van der Waals surface area contributed by atoms with Crippen LogP contribution in [0.5, 0.6) is 0 Å². The Morgan fingerprint density at radius 2 is 0.977 bits per heavy atom. The van der Waals surface area contributed by atoms with Crippen molar-refractivity contribution >= 4 is 63.0 Å². The van der Waals surface area contributed by atoms with Gasteiger partial charge in [-0.15, -0.1) is 10.8 Å². The van der Waals surface area contributed by atoms with E-state index in [1.807, 2.05) is 21.5 Å². The molecule has 0 amide bonds. The minimum absolute atomic E-state index is 0. The van der Waals surface area contributed by atoms with E-state index in [0.717, 1.165) is 22.8 Å². The summed E-state index contributed by atoms with van der Waals surface area (Å²) in [5.41, 5.74) is 3.41. The molecule has 0 saturated carbocycles. The first kappa shape index (κ1) is 28.2. The second kappa shape index (κ2) is 10.3. The van der Waals surface area contributed by atoms with E-state index in [2.05, 4.69) is 125 Å². The van der Waals surface area contributed by atoms with E-state index in [1.165, 1.54) is 40.3 Å². The van der Waals surface area contributed by atoms with E-state index in [9.17, 15) is 0 Å². The van der Waals surface area contributed by atoms with Crippen molar-refractivity contribution in [1.82, 2.24) is 19.6 Å². The van der Waals surface area contributed by atoms with Crippen LogP contribution in [0.1, 0.15) is 39.1 Å². The number of rotatable bonds is 5. The summed E-state index contributed by atoms with van der Waals surface area (Å²) in [5.74, 6) is 0. The van der Waals surface area contributed by atoms with Crippen molar-refractivity contribution in [2.75, 3.05) is 0 Å². The van der Waals surface area contributed by atoms with Gasteiger partial charge in [0, 0.05) is 32.6 Å². The quantitative estimate of drug-likeness (QED) is 0.163. The Kier molecular flexibility index (Phi) is 6.73. The fourth-order valence-corrected chi connectivity index (χ4v) is 8.28. The van der Waals surface area contributed by atoms with Crippen LogP contribution >= 0.6 is 22.7 Å². The smallest absolute Gasteiger partial charge is 0.264 e. The van der Waals surface area contributed by atoms with Crippen molar-refractivity contribution in [3.63, 3.8) is 0 Å². The molecule has 7 heteroatoms. The zero-order chi connectivity index (χ0) is 28.6. The first-order valence-electron chi connectivity index (χ1n) is 14.1. The van der Waals surface area contributed by atoms with Gasteiger partial charge in [0.25, 0.3) is 0 Å².